The number of nitrogens with zero attached hydrogens (tertiary/aromatic N) is 4. The van der Waals surface area contributed by atoms with E-state index in [0.29, 0.717) is 11.7 Å². The highest BCUT2D eigenvalue weighted by Gasteiger charge is 2.36. The molecule has 0 atom stereocenters. The highest BCUT2D eigenvalue weighted by molar-refractivity contribution is 5.55. The zero-order valence-electron chi connectivity index (χ0n) is 14.2. The van der Waals surface area contributed by atoms with Gasteiger partial charge in [-0.2, -0.15) is 4.98 Å². The molecule has 2 aliphatic rings. The number of pyridine rings is 1. The van der Waals surface area contributed by atoms with Crippen molar-refractivity contribution in [3.8, 4) is 11.5 Å². The summed E-state index contributed by atoms with van der Waals surface area (Å²) in [6, 6.07) is 4.05. The zero-order valence-corrected chi connectivity index (χ0v) is 14.2. The predicted molar refractivity (Wildman–Crippen MR) is 92.5 cm³/mol. The Hall–Kier alpha value is -1.95. The van der Waals surface area contributed by atoms with Gasteiger partial charge < -0.3 is 15.2 Å². The van der Waals surface area contributed by atoms with E-state index in [2.05, 4.69) is 26.9 Å². The van der Waals surface area contributed by atoms with Crippen LogP contribution in [0.4, 0.5) is 5.82 Å². The van der Waals surface area contributed by atoms with Crippen LogP contribution in [0.5, 0.6) is 0 Å². The summed E-state index contributed by atoms with van der Waals surface area (Å²) >= 11 is 0. The average Bonchev–Trinajstić information content (AvgIpc) is 3.26. The summed E-state index contributed by atoms with van der Waals surface area (Å²) in [6.45, 7) is 4.47. The van der Waals surface area contributed by atoms with Crippen molar-refractivity contribution in [1.82, 2.24) is 15.1 Å². The standard InChI is InChI=1S/C18H25N5O/c1-13-6-10-23(11-7-13)15-5-4-14(12-20-15)16-21-17(22-24-16)18(19)8-2-3-9-18/h4-5,12-13H,2-3,6-11,19H2,1H3. The van der Waals surface area contributed by atoms with Crippen molar-refractivity contribution in [2.45, 2.75) is 51.0 Å². The Kier molecular flexibility index (Phi) is 4.00. The fraction of sp³-hybridized carbons (Fsp3) is 0.611. The third-order valence-electron chi connectivity index (χ3n) is 5.47. The first kappa shape index (κ1) is 15.6. The molecule has 1 saturated carbocycles. The molecule has 0 radical (unpaired) electrons. The number of nitrogens with two attached hydrogens (primary N) is 1. The third-order valence-corrected chi connectivity index (χ3v) is 5.47. The number of hydrogen-bond donors (Lipinski definition) is 1. The topological polar surface area (TPSA) is 81.1 Å². The van der Waals surface area contributed by atoms with Gasteiger partial charge in [-0.15, -0.1) is 0 Å². The minimum Gasteiger partial charge on any atom is -0.357 e. The van der Waals surface area contributed by atoms with Crippen molar-refractivity contribution in [3.63, 3.8) is 0 Å². The summed E-state index contributed by atoms with van der Waals surface area (Å²) in [5, 5.41) is 4.12. The lowest BCUT2D eigenvalue weighted by atomic mass is 9.99. The van der Waals surface area contributed by atoms with E-state index in [-0.39, 0.29) is 0 Å². The van der Waals surface area contributed by atoms with E-state index in [4.69, 9.17) is 10.3 Å². The summed E-state index contributed by atoms with van der Waals surface area (Å²) < 4.78 is 5.43. The van der Waals surface area contributed by atoms with Gasteiger partial charge in [0.2, 0.25) is 0 Å². The van der Waals surface area contributed by atoms with Crippen LogP contribution in [0.25, 0.3) is 11.5 Å². The number of anilines is 1. The molecule has 1 aliphatic heterocycles. The highest BCUT2D eigenvalue weighted by Crippen LogP contribution is 2.35. The Morgan fingerprint density at radius 3 is 2.62 bits per heavy atom. The minimum atomic E-state index is -0.417. The Bertz CT molecular complexity index is 682. The van der Waals surface area contributed by atoms with Crippen LogP contribution >= 0.6 is 0 Å². The molecule has 128 valence electrons. The Morgan fingerprint density at radius 2 is 1.96 bits per heavy atom. The van der Waals surface area contributed by atoms with Crippen LogP contribution in [0, 0.1) is 5.92 Å². The van der Waals surface area contributed by atoms with Crippen molar-refractivity contribution in [2.24, 2.45) is 11.7 Å². The van der Waals surface area contributed by atoms with Crippen LogP contribution in [0.2, 0.25) is 0 Å². The van der Waals surface area contributed by atoms with Crippen LogP contribution in [0.3, 0.4) is 0 Å². The molecule has 1 saturated heterocycles. The third kappa shape index (κ3) is 2.90. The van der Waals surface area contributed by atoms with Crippen molar-refractivity contribution >= 4 is 5.82 Å². The van der Waals surface area contributed by atoms with E-state index in [1.54, 1.807) is 0 Å². The molecule has 2 aromatic rings. The molecule has 4 rings (SSSR count). The smallest absolute Gasteiger partial charge is 0.259 e. The lowest BCUT2D eigenvalue weighted by molar-refractivity contribution is 0.372. The van der Waals surface area contributed by atoms with Gasteiger partial charge in [-0.3, -0.25) is 0 Å². The Balaban J connectivity index is 1.50. The second-order valence-electron chi connectivity index (χ2n) is 7.36. The van der Waals surface area contributed by atoms with Gasteiger partial charge in [0, 0.05) is 19.3 Å². The first-order valence-electron chi connectivity index (χ1n) is 8.98. The van der Waals surface area contributed by atoms with E-state index in [0.717, 1.165) is 56.1 Å². The molecule has 6 nitrogen and oxygen atoms in total. The Labute approximate surface area is 142 Å². The summed E-state index contributed by atoms with van der Waals surface area (Å²) in [4.78, 5) is 11.5. The van der Waals surface area contributed by atoms with E-state index in [1.807, 2.05) is 18.3 Å². The van der Waals surface area contributed by atoms with E-state index in [9.17, 15) is 0 Å². The lowest BCUT2D eigenvalue weighted by Crippen LogP contribution is -2.34. The molecule has 24 heavy (non-hydrogen) atoms. The molecular weight excluding hydrogens is 302 g/mol. The first-order chi connectivity index (χ1) is 11.6. The van der Waals surface area contributed by atoms with Gasteiger partial charge in [-0.05, 0) is 43.7 Å². The minimum absolute atomic E-state index is 0.417. The molecule has 0 aromatic carbocycles. The number of rotatable bonds is 3. The molecule has 2 aromatic heterocycles. The fourth-order valence-electron chi connectivity index (χ4n) is 3.71. The molecule has 1 aliphatic carbocycles. The van der Waals surface area contributed by atoms with Gasteiger partial charge >= 0.3 is 0 Å². The maximum absolute atomic E-state index is 6.40. The van der Waals surface area contributed by atoms with Crippen molar-refractivity contribution in [3.05, 3.63) is 24.2 Å². The van der Waals surface area contributed by atoms with Crippen molar-refractivity contribution in [1.29, 1.82) is 0 Å². The highest BCUT2D eigenvalue weighted by atomic mass is 16.5. The molecule has 0 unspecified atom stereocenters. The number of hydrogen-bond acceptors (Lipinski definition) is 6. The maximum Gasteiger partial charge on any atom is 0.259 e. The molecule has 0 amide bonds. The van der Waals surface area contributed by atoms with Crippen LogP contribution in [-0.4, -0.2) is 28.2 Å². The first-order valence-corrected chi connectivity index (χ1v) is 8.98. The van der Waals surface area contributed by atoms with Gasteiger partial charge in [-0.25, -0.2) is 4.98 Å². The molecule has 2 N–H and O–H groups in total. The molecule has 2 fully saturated rings. The van der Waals surface area contributed by atoms with E-state index < -0.39 is 5.54 Å². The van der Waals surface area contributed by atoms with Crippen molar-refractivity contribution in [2.75, 3.05) is 18.0 Å². The summed E-state index contributed by atoms with van der Waals surface area (Å²) in [7, 11) is 0. The monoisotopic (exact) mass is 327 g/mol. The number of piperidine rings is 1. The van der Waals surface area contributed by atoms with Gasteiger partial charge in [-0.1, -0.05) is 24.9 Å². The summed E-state index contributed by atoms with van der Waals surface area (Å²) in [6.07, 6.45) is 8.40. The molecular formula is C18H25N5O. The van der Waals surface area contributed by atoms with Gasteiger partial charge in [0.1, 0.15) is 5.82 Å². The molecule has 0 spiro atoms. The number of aromatic nitrogens is 3. The summed E-state index contributed by atoms with van der Waals surface area (Å²) in [5.74, 6) is 2.98. The largest absolute Gasteiger partial charge is 0.357 e. The summed E-state index contributed by atoms with van der Waals surface area (Å²) in [5.41, 5.74) is 6.83. The quantitative estimate of drug-likeness (QED) is 0.933. The predicted octanol–water partition coefficient (Wildman–Crippen LogP) is 3.10. The Morgan fingerprint density at radius 1 is 1.21 bits per heavy atom. The maximum atomic E-state index is 6.40. The molecule has 6 heteroatoms. The normalized spacial score (nSPS) is 21.3. The van der Waals surface area contributed by atoms with E-state index in [1.165, 1.54) is 12.8 Å². The van der Waals surface area contributed by atoms with Crippen LogP contribution in [-0.2, 0) is 5.54 Å². The average molecular weight is 327 g/mol. The fourth-order valence-corrected chi connectivity index (χ4v) is 3.71. The van der Waals surface area contributed by atoms with Crippen molar-refractivity contribution < 1.29 is 4.52 Å². The lowest BCUT2D eigenvalue weighted by Gasteiger charge is -2.31. The molecule has 0 bridgehead atoms. The van der Waals surface area contributed by atoms with Gasteiger partial charge in [0.15, 0.2) is 5.82 Å². The van der Waals surface area contributed by atoms with Crippen LogP contribution < -0.4 is 10.6 Å². The molecule has 3 heterocycles. The van der Waals surface area contributed by atoms with Gasteiger partial charge in [0.05, 0.1) is 11.1 Å². The SMILES string of the molecule is CC1CCN(c2ccc(-c3nc(C4(N)CCCC4)no3)cn2)CC1. The van der Waals surface area contributed by atoms with Crippen LogP contribution in [0.15, 0.2) is 22.9 Å². The second kappa shape index (κ2) is 6.16. The van der Waals surface area contributed by atoms with Gasteiger partial charge in [0.25, 0.3) is 5.89 Å². The zero-order chi connectivity index (χ0) is 16.6. The van der Waals surface area contributed by atoms with E-state index >= 15 is 0 Å². The second-order valence-corrected chi connectivity index (χ2v) is 7.36. The van der Waals surface area contributed by atoms with Crippen LogP contribution in [0.1, 0.15) is 51.3 Å².